The first-order valence-corrected chi connectivity index (χ1v) is 8.80. The number of fused-ring (bicyclic) bond motifs is 1. The van der Waals surface area contributed by atoms with E-state index in [1.165, 1.54) is 22.5 Å². The zero-order valence-electron chi connectivity index (χ0n) is 12.5. The van der Waals surface area contributed by atoms with E-state index in [0.717, 1.165) is 23.6 Å². The Balaban J connectivity index is 1.88. The van der Waals surface area contributed by atoms with Gasteiger partial charge in [0.15, 0.2) is 5.11 Å². The molecule has 21 heavy (non-hydrogen) atoms. The van der Waals surface area contributed by atoms with E-state index in [-0.39, 0.29) is 0 Å². The highest BCUT2D eigenvalue weighted by Crippen LogP contribution is 2.35. The molecule has 0 saturated carbocycles. The summed E-state index contributed by atoms with van der Waals surface area (Å²) in [5, 5.41) is 5.45. The molecule has 0 spiro atoms. The summed E-state index contributed by atoms with van der Waals surface area (Å²) in [5.74, 6) is 0. The maximum Gasteiger partial charge on any atom is 0.169 e. The van der Waals surface area contributed by atoms with Gasteiger partial charge in [0.1, 0.15) is 5.01 Å². The first-order valence-electron chi connectivity index (χ1n) is 7.58. The largest absolute Gasteiger partial charge is 0.360 e. The Labute approximate surface area is 135 Å². The van der Waals surface area contributed by atoms with Gasteiger partial charge < -0.3 is 10.2 Å². The molecule has 2 heterocycles. The summed E-state index contributed by atoms with van der Waals surface area (Å²) in [4.78, 5) is 7.17. The SMILES string of the molecule is CC(C)NC(=S)N1CCCC[C@@H]1c1nc2ccccc2s1. The summed E-state index contributed by atoms with van der Waals surface area (Å²) in [6, 6.07) is 9.07. The van der Waals surface area contributed by atoms with Crippen molar-refractivity contribution < 1.29 is 0 Å². The van der Waals surface area contributed by atoms with Gasteiger partial charge in [-0.15, -0.1) is 11.3 Å². The second-order valence-electron chi connectivity index (χ2n) is 5.83. The summed E-state index contributed by atoms with van der Waals surface area (Å²) in [6.45, 7) is 5.28. The molecule has 5 heteroatoms. The van der Waals surface area contributed by atoms with Crippen LogP contribution in [0.3, 0.4) is 0 Å². The number of nitrogens with one attached hydrogen (secondary N) is 1. The maximum atomic E-state index is 5.60. The van der Waals surface area contributed by atoms with Gasteiger partial charge in [-0.2, -0.15) is 0 Å². The molecule has 1 atom stereocenters. The minimum Gasteiger partial charge on any atom is -0.360 e. The van der Waals surface area contributed by atoms with Gasteiger partial charge in [0.05, 0.1) is 16.3 Å². The van der Waals surface area contributed by atoms with Crippen molar-refractivity contribution in [2.75, 3.05) is 6.54 Å². The van der Waals surface area contributed by atoms with Crippen LogP contribution in [0.1, 0.15) is 44.2 Å². The van der Waals surface area contributed by atoms with Crippen LogP contribution in [0.15, 0.2) is 24.3 Å². The van der Waals surface area contributed by atoms with E-state index in [2.05, 4.69) is 48.3 Å². The molecule has 1 saturated heterocycles. The predicted molar refractivity (Wildman–Crippen MR) is 93.8 cm³/mol. The Bertz CT molecular complexity index is 602. The van der Waals surface area contributed by atoms with Gasteiger partial charge in [0.25, 0.3) is 0 Å². The number of piperidine rings is 1. The molecule has 3 nitrogen and oxygen atoms in total. The monoisotopic (exact) mass is 319 g/mol. The van der Waals surface area contributed by atoms with E-state index < -0.39 is 0 Å². The molecule has 0 bridgehead atoms. The average Bonchev–Trinajstić information content (AvgIpc) is 2.90. The number of aromatic nitrogens is 1. The number of benzene rings is 1. The van der Waals surface area contributed by atoms with Crippen molar-refractivity contribution in [2.24, 2.45) is 0 Å². The summed E-state index contributed by atoms with van der Waals surface area (Å²) >= 11 is 7.40. The third-order valence-corrected chi connectivity index (χ3v) is 5.26. The Morgan fingerprint density at radius 2 is 2.19 bits per heavy atom. The van der Waals surface area contributed by atoms with E-state index in [9.17, 15) is 0 Å². The van der Waals surface area contributed by atoms with Crippen molar-refractivity contribution in [2.45, 2.75) is 45.2 Å². The first-order chi connectivity index (χ1) is 10.1. The molecule has 0 amide bonds. The van der Waals surface area contributed by atoms with Crippen molar-refractivity contribution >= 4 is 38.9 Å². The Morgan fingerprint density at radius 1 is 1.38 bits per heavy atom. The van der Waals surface area contributed by atoms with E-state index in [1.807, 2.05) is 0 Å². The molecular weight excluding hydrogens is 298 g/mol. The molecule has 1 aliphatic rings. The lowest BCUT2D eigenvalue weighted by molar-refractivity contribution is 0.240. The van der Waals surface area contributed by atoms with E-state index in [0.29, 0.717) is 12.1 Å². The third-order valence-electron chi connectivity index (χ3n) is 3.77. The smallest absolute Gasteiger partial charge is 0.169 e. The van der Waals surface area contributed by atoms with Gasteiger partial charge in [-0.1, -0.05) is 12.1 Å². The summed E-state index contributed by atoms with van der Waals surface area (Å²) < 4.78 is 1.26. The average molecular weight is 319 g/mol. The summed E-state index contributed by atoms with van der Waals surface area (Å²) in [5.41, 5.74) is 1.10. The van der Waals surface area contributed by atoms with Crippen LogP contribution in [0.25, 0.3) is 10.2 Å². The van der Waals surface area contributed by atoms with Crippen LogP contribution >= 0.6 is 23.6 Å². The van der Waals surface area contributed by atoms with Gasteiger partial charge in [-0.05, 0) is 57.5 Å². The number of hydrogen-bond donors (Lipinski definition) is 1. The van der Waals surface area contributed by atoms with E-state index in [4.69, 9.17) is 17.2 Å². The summed E-state index contributed by atoms with van der Waals surface area (Å²) in [7, 11) is 0. The maximum absolute atomic E-state index is 5.60. The Morgan fingerprint density at radius 3 is 2.95 bits per heavy atom. The van der Waals surface area contributed by atoms with Crippen molar-refractivity contribution in [3.05, 3.63) is 29.3 Å². The topological polar surface area (TPSA) is 28.2 Å². The van der Waals surface area contributed by atoms with Gasteiger partial charge in [0.2, 0.25) is 0 Å². The lowest BCUT2D eigenvalue weighted by atomic mass is 10.0. The van der Waals surface area contributed by atoms with Crippen LogP contribution in [-0.4, -0.2) is 27.6 Å². The van der Waals surface area contributed by atoms with Crippen LogP contribution in [0.2, 0.25) is 0 Å². The first kappa shape index (κ1) is 14.7. The minimum atomic E-state index is 0.329. The lowest BCUT2D eigenvalue weighted by Gasteiger charge is -2.37. The van der Waals surface area contributed by atoms with Crippen LogP contribution < -0.4 is 5.32 Å². The van der Waals surface area contributed by atoms with Crippen LogP contribution in [0, 0.1) is 0 Å². The number of rotatable bonds is 2. The van der Waals surface area contributed by atoms with Crippen LogP contribution in [0.5, 0.6) is 0 Å². The Kier molecular flexibility index (Phi) is 4.40. The molecule has 1 N–H and O–H groups in total. The van der Waals surface area contributed by atoms with E-state index >= 15 is 0 Å². The predicted octanol–water partition coefficient (Wildman–Crippen LogP) is 4.11. The van der Waals surface area contributed by atoms with Gasteiger partial charge in [0, 0.05) is 12.6 Å². The van der Waals surface area contributed by atoms with E-state index in [1.54, 1.807) is 11.3 Å². The quantitative estimate of drug-likeness (QED) is 0.843. The number of para-hydroxylation sites is 1. The van der Waals surface area contributed by atoms with Crippen molar-refractivity contribution in [1.82, 2.24) is 15.2 Å². The fourth-order valence-corrected chi connectivity index (χ4v) is 4.36. The highest BCUT2D eigenvalue weighted by atomic mass is 32.1. The fourth-order valence-electron chi connectivity index (χ4n) is 2.79. The number of nitrogens with zero attached hydrogens (tertiary/aromatic N) is 2. The molecular formula is C16H21N3S2. The number of thiazole rings is 1. The number of hydrogen-bond acceptors (Lipinski definition) is 3. The lowest BCUT2D eigenvalue weighted by Crippen LogP contribution is -2.46. The molecule has 0 aliphatic carbocycles. The third kappa shape index (κ3) is 3.19. The molecule has 1 fully saturated rings. The van der Waals surface area contributed by atoms with Crippen LogP contribution in [0.4, 0.5) is 0 Å². The molecule has 0 radical (unpaired) electrons. The molecule has 1 aromatic carbocycles. The minimum absolute atomic E-state index is 0.329. The number of likely N-dealkylation sites (tertiary alicyclic amines) is 1. The molecule has 0 unspecified atom stereocenters. The van der Waals surface area contributed by atoms with Crippen molar-refractivity contribution in [3.8, 4) is 0 Å². The second-order valence-corrected chi connectivity index (χ2v) is 7.28. The molecule has 112 valence electrons. The number of thiocarbonyl (C=S) groups is 1. The molecule has 1 aromatic heterocycles. The molecule has 3 rings (SSSR count). The highest BCUT2D eigenvalue weighted by molar-refractivity contribution is 7.80. The molecule has 1 aliphatic heterocycles. The normalized spacial score (nSPS) is 19.2. The molecule has 2 aromatic rings. The Hall–Kier alpha value is -1.20. The van der Waals surface area contributed by atoms with Crippen molar-refractivity contribution in [1.29, 1.82) is 0 Å². The zero-order chi connectivity index (χ0) is 14.8. The second kappa shape index (κ2) is 6.28. The standard InChI is InChI=1S/C16H21N3S2/c1-11(2)17-16(20)19-10-6-5-8-13(19)15-18-12-7-3-4-9-14(12)21-15/h3-4,7,9,11,13H,5-6,8,10H2,1-2H3,(H,17,20)/t13-/m1/s1. The van der Waals surface area contributed by atoms with Gasteiger partial charge in [-0.3, -0.25) is 0 Å². The fraction of sp³-hybridized carbons (Fsp3) is 0.500. The van der Waals surface area contributed by atoms with Crippen LogP contribution in [-0.2, 0) is 0 Å². The van der Waals surface area contributed by atoms with Gasteiger partial charge in [-0.25, -0.2) is 4.98 Å². The summed E-state index contributed by atoms with van der Waals surface area (Å²) in [6.07, 6.45) is 3.60. The highest BCUT2D eigenvalue weighted by Gasteiger charge is 2.28. The zero-order valence-corrected chi connectivity index (χ0v) is 14.1. The van der Waals surface area contributed by atoms with Gasteiger partial charge >= 0.3 is 0 Å². The van der Waals surface area contributed by atoms with Crippen molar-refractivity contribution in [3.63, 3.8) is 0 Å².